The van der Waals surface area contributed by atoms with Gasteiger partial charge in [0, 0.05) is 31.4 Å². The molecule has 108 valence electrons. The molecule has 1 aromatic rings. The molecule has 0 aliphatic carbocycles. The van der Waals surface area contributed by atoms with E-state index >= 15 is 0 Å². The highest BCUT2D eigenvalue weighted by Gasteiger charge is 2.52. The topological polar surface area (TPSA) is 32.5 Å². The van der Waals surface area contributed by atoms with Gasteiger partial charge in [-0.1, -0.05) is 6.07 Å². The molecule has 20 heavy (non-hydrogen) atoms. The number of hydrogen-bond donors (Lipinski definition) is 1. The SMILES string of the molecule is NCC1(N2CCc3ccc(F)cc32)CCN2CCCC21. The van der Waals surface area contributed by atoms with Crippen LogP contribution in [0.2, 0.25) is 0 Å². The van der Waals surface area contributed by atoms with E-state index < -0.39 is 0 Å². The summed E-state index contributed by atoms with van der Waals surface area (Å²) < 4.78 is 13.7. The van der Waals surface area contributed by atoms with Gasteiger partial charge in [0.05, 0.1) is 5.54 Å². The summed E-state index contributed by atoms with van der Waals surface area (Å²) in [7, 11) is 0. The van der Waals surface area contributed by atoms with Crippen molar-refractivity contribution in [2.24, 2.45) is 5.73 Å². The zero-order valence-electron chi connectivity index (χ0n) is 11.8. The average molecular weight is 275 g/mol. The van der Waals surface area contributed by atoms with Gasteiger partial charge in [0.15, 0.2) is 0 Å². The molecule has 0 bridgehead atoms. The van der Waals surface area contributed by atoms with Crippen molar-refractivity contribution >= 4 is 5.69 Å². The van der Waals surface area contributed by atoms with E-state index in [-0.39, 0.29) is 11.4 Å². The zero-order valence-corrected chi connectivity index (χ0v) is 11.8. The minimum Gasteiger partial charge on any atom is -0.362 e. The van der Waals surface area contributed by atoms with Gasteiger partial charge < -0.3 is 10.6 Å². The van der Waals surface area contributed by atoms with Crippen LogP contribution >= 0.6 is 0 Å². The lowest BCUT2D eigenvalue weighted by Crippen LogP contribution is -2.59. The Labute approximate surface area is 119 Å². The van der Waals surface area contributed by atoms with Crippen molar-refractivity contribution in [3.63, 3.8) is 0 Å². The Morgan fingerprint density at radius 3 is 3.05 bits per heavy atom. The van der Waals surface area contributed by atoms with Crippen LogP contribution in [0.15, 0.2) is 18.2 Å². The fourth-order valence-corrected chi connectivity index (χ4v) is 4.68. The van der Waals surface area contributed by atoms with Gasteiger partial charge in [0.1, 0.15) is 5.82 Å². The summed E-state index contributed by atoms with van der Waals surface area (Å²) in [6, 6.07) is 5.78. The molecule has 0 aromatic heterocycles. The maximum atomic E-state index is 13.7. The minimum absolute atomic E-state index is 0.0234. The molecule has 1 aromatic carbocycles. The third kappa shape index (κ3) is 1.58. The lowest BCUT2D eigenvalue weighted by molar-refractivity contribution is 0.258. The van der Waals surface area contributed by atoms with Crippen molar-refractivity contribution in [3.8, 4) is 0 Å². The molecule has 3 heterocycles. The van der Waals surface area contributed by atoms with E-state index in [1.807, 2.05) is 6.07 Å². The largest absolute Gasteiger partial charge is 0.362 e. The van der Waals surface area contributed by atoms with E-state index in [1.54, 1.807) is 12.1 Å². The zero-order chi connectivity index (χ0) is 13.7. The second-order valence-corrected chi connectivity index (χ2v) is 6.43. The first-order valence-electron chi connectivity index (χ1n) is 7.75. The van der Waals surface area contributed by atoms with Crippen molar-refractivity contribution in [1.29, 1.82) is 0 Å². The Balaban J connectivity index is 1.75. The third-order valence-corrected chi connectivity index (χ3v) is 5.65. The molecular formula is C16H22FN3. The smallest absolute Gasteiger partial charge is 0.125 e. The molecular weight excluding hydrogens is 253 g/mol. The predicted octanol–water partition coefficient (Wildman–Crippen LogP) is 1.75. The number of benzene rings is 1. The quantitative estimate of drug-likeness (QED) is 0.892. The van der Waals surface area contributed by atoms with Crippen LogP contribution in [0.25, 0.3) is 0 Å². The van der Waals surface area contributed by atoms with Gasteiger partial charge in [-0.25, -0.2) is 4.39 Å². The Morgan fingerprint density at radius 2 is 2.20 bits per heavy atom. The van der Waals surface area contributed by atoms with Crippen LogP contribution in [0, 0.1) is 5.82 Å². The highest BCUT2D eigenvalue weighted by atomic mass is 19.1. The maximum absolute atomic E-state index is 13.7. The van der Waals surface area contributed by atoms with E-state index in [0.717, 1.165) is 31.6 Å². The number of rotatable bonds is 2. The lowest BCUT2D eigenvalue weighted by Gasteiger charge is -2.44. The van der Waals surface area contributed by atoms with Gasteiger partial charge in [-0.05, 0) is 49.9 Å². The molecule has 0 amide bonds. The number of nitrogens with zero attached hydrogens (tertiary/aromatic N) is 2. The first-order valence-corrected chi connectivity index (χ1v) is 7.75. The first-order chi connectivity index (χ1) is 9.74. The Bertz CT molecular complexity index is 532. The molecule has 3 aliphatic rings. The summed E-state index contributed by atoms with van der Waals surface area (Å²) in [5.41, 5.74) is 8.62. The number of halogens is 1. The summed E-state index contributed by atoms with van der Waals surface area (Å²) in [5.74, 6) is -0.135. The van der Waals surface area contributed by atoms with Gasteiger partial charge in [-0.2, -0.15) is 0 Å². The Kier molecular flexibility index (Phi) is 2.79. The van der Waals surface area contributed by atoms with Crippen LogP contribution in [0.1, 0.15) is 24.8 Å². The fraction of sp³-hybridized carbons (Fsp3) is 0.625. The number of fused-ring (bicyclic) bond motifs is 2. The molecule has 2 saturated heterocycles. The van der Waals surface area contributed by atoms with Crippen LogP contribution < -0.4 is 10.6 Å². The van der Waals surface area contributed by atoms with Crippen LogP contribution in [0.5, 0.6) is 0 Å². The molecule has 3 aliphatic heterocycles. The van der Waals surface area contributed by atoms with Crippen molar-refractivity contribution in [3.05, 3.63) is 29.6 Å². The third-order valence-electron chi connectivity index (χ3n) is 5.65. The first kappa shape index (κ1) is 12.6. The number of nitrogens with two attached hydrogens (primary N) is 1. The summed E-state index contributed by atoms with van der Waals surface area (Å²) in [6.45, 7) is 4.00. The minimum atomic E-state index is -0.135. The second-order valence-electron chi connectivity index (χ2n) is 6.43. The van der Waals surface area contributed by atoms with Crippen molar-refractivity contribution in [1.82, 2.24) is 4.90 Å². The number of anilines is 1. The van der Waals surface area contributed by atoms with Crippen LogP contribution in [-0.2, 0) is 6.42 Å². The molecule has 2 N–H and O–H groups in total. The number of hydrogen-bond acceptors (Lipinski definition) is 3. The highest BCUT2D eigenvalue weighted by molar-refractivity contribution is 5.61. The van der Waals surface area contributed by atoms with Gasteiger partial charge in [-0.15, -0.1) is 0 Å². The van der Waals surface area contributed by atoms with Crippen LogP contribution in [0.4, 0.5) is 10.1 Å². The maximum Gasteiger partial charge on any atom is 0.125 e. The molecule has 4 heteroatoms. The van der Waals surface area contributed by atoms with E-state index in [1.165, 1.54) is 24.9 Å². The highest BCUT2D eigenvalue weighted by Crippen LogP contribution is 2.44. The summed E-state index contributed by atoms with van der Waals surface area (Å²) in [6.07, 6.45) is 4.64. The normalized spacial score (nSPS) is 32.7. The van der Waals surface area contributed by atoms with Crippen LogP contribution in [-0.4, -0.2) is 42.7 Å². The average Bonchev–Trinajstić information content (AvgIpc) is 3.12. The molecule has 3 nitrogen and oxygen atoms in total. The molecule has 2 atom stereocenters. The van der Waals surface area contributed by atoms with E-state index in [2.05, 4.69) is 9.80 Å². The fourth-order valence-electron chi connectivity index (χ4n) is 4.68. The van der Waals surface area contributed by atoms with Crippen molar-refractivity contribution in [2.75, 3.05) is 31.1 Å². The Hall–Kier alpha value is -1.13. The molecule has 2 fully saturated rings. The Morgan fingerprint density at radius 1 is 1.30 bits per heavy atom. The molecule has 2 unspecified atom stereocenters. The summed E-state index contributed by atoms with van der Waals surface area (Å²) >= 11 is 0. The summed E-state index contributed by atoms with van der Waals surface area (Å²) in [5, 5.41) is 0. The van der Waals surface area contributed by atoms with E-state index in [9.17, 15) is 4.39 Å². The van der Waals surface area contributed by atoms with Gasteiger partial charge in [0.2, 0.25) is 0 Å². The van der Waals surface area contributed by atoms with Crippen LogP contribution in [0.3, 0.4) is 0 Å². The second kappa shape index (κ2) is 4.43. The van der Waals surface area contributed by atoms with Gasteiger partial charge in [-0.3, -0.25) is 4.90 Å². The molecule has 0 radical (unpaired) electrons. The standard InChI is InChI=1S/C16H22FN3/c17-13-4-3-12-5-8-20(14(12)10-13)16(11-18)6-9-19-7-1-2-15(16)19/h3-4,10,15H,1-2,5-9,11,18H2. The van der Waals surface area contributed by atoms with Gasteiger partial charge >= 0.3 is 0 Å². The molecule has 4 rings (SSSR count). The molecule has 0 saturated carbocycles. The van der Waals surface area contributed by atoms with Gasteiger partial charge in [0.25, 0.3) is 0 Å². The lowest BCUT2D eigenvalue weighted by atomic mass is 9.86. The molecule has 0 spiro atoms. The monoisotopic (exact) mass is 275 g/mol. The van der Waals surface area contributed by atoms with Crippen molar-refractivity contribution < 1.29 is 4.39 Å². The predicted molar refractivity (Wildman–Crippen MR) is 78.4 cm³/mol. The van der Waals surface area contributed by atoms with E-state index in [0.29, 0.717) is 12.6 Å². The summed E-state index contributed by atoms with van der Waals surface area (Å²) in [4.78, 5) is 5.02. The van der Waals surface area contributed by atoms with E-state index in [4.69, 9.17) is 5.73 Å². The van der Waals surface area contributed by atoms with Crippen molar-refractivity contribution in [2.45, 2.75) is 37.3 Å².